The molecule has 12 heteroatoms. The van der Waals surface area contributed by atoms with E-state index in [-0.39, 0.29) is 13.0 Å². The van der Waals surface area contributed by atoms with Crippen molar-refractivity contribution in [1.82, 2.24) is 24.2 Å². The lowest BCUT2D eigenvalue weighted by molar-refractivity contribution is -0.137. The molecule has 3 aromatic carbocycles. The van der Waals surface area contributed by atoms with Gasteiger partial charge in [-0.05, 0) is 86.3 Å². The molecule has 3 atom stereocenters. The molecule has 0 radical (unpaired) electrons. The predicted molar refractivity (Wildman–Crippen MR) is 165 cm³/mol. The van der Waals surface area contributed by atoms with Gasteiger partial charge in [-0.1, -0.05) is 29.5 Å². The lowest BCUT2D eigenvalue weighted by Gasteiger charge is -2.33. The largest absolute Gasteiger partial charge is 0.494 e. The van der Waals surface area contributed by atoms with E-state index in [1.165, 1.54) is 4.31 Å². The van der Waals surface area contributed by atoms with Crippen molar-refractivity contribution in [2.75, 3.05) is 26.7 Å². The van der Waals surface area contributed by atoms with Crippen LogP contribution in [0.4, 0.5) is 0 Å². The Morgan fingerprint density at radius 1 is 1.05 bits per heavy atom. The number of hydrogen-bond acceptors (Lipinski definition) is 8. The number of aliphatic carboxylic acids is 1. The van der Waals surface area contributed by atoms with Crippen LogP contribution >= 0.6 is 0 Å². The minimum atomic E-state index is -4.10. The minimum Gasteiger partial charge on any atom is -0.494 e. The van der Waals surface area contributed by atoms with Crippen LogP contribution in [0.1, 0.15) is 65.1 Å². The molecule has 1 N–H and O–H groups in total. The van der Waals surface area contributed by atoms with E-state index in [9.17, 15) is 18.3 Å². The lowest BCUT2D eigenvalue weighted by Crippen LogP contribution is -2.39. The Balaban J connectivity index is 1.47. The van der Waals surface area contributed by atoms with Crippen molar-refractivity contribution in [3.8, 4) is 11.5 Å². The van der Waals surface area contributed by atoms with Crippen LogP contribution in [0.2, 0.25) is 0 Å². The van der Waals surface area contributed by atoms with Gasteiger partial charge < -0.3 is 18.9 Å². The average molecular weight is 620 g/mol. The fourth-order valence-electron chi connectivity index (χ4n) is 6.28. The number of likely N-dealkylation sites (N-methyl/N-ethyl adjacent to an activating group) is 1. The molecule has 4 heterocycles. The van der Waals surface area contributed by atoms with Crippen LogP contribution in [0, 0.1) is 13.8 Å². The van der Waals surface area contributed by atoms with Gasteiger partial charge in [0.1, 0.15) is 17.0 Å². The van der Waals surface area contributed by atoms with Crippen LogP contribution in [-0.2, 0) is 28.2 Å². The van der Waals surface area contributed by atoms with Gasteiger partial charge in [-0.15, -0.1) is 5.10 Å². The van der Waals surface area contributed by atoms with Crippen LogP contribution < -0.4 is 8.92 Å². The molecule has 7 rings (SSSR count). The van der Waals surface area contributed by atoms with E-state index in [1.54, 1.807) is 12.1 Å². The Hall–Kier alpha value is -4.00. The standard InChI is InChI=1S/C32H37N5O6S/c1-20-6-7-23-17-27(20)22(3)37-19-24-16-25(8-11-30(24)43-44(37,40)41)42-15-5-12-35(4)13-14-36-29-10-9-26(28(23)18-31(38)39)21(2)32(29)33-34-36/h6-11,16-17,22,28H,5,12-15,18-19H2,1-4H3,(H,38,39)/t22-,28+/m1/s1. The topological polar surface area (TPSA) is 127 Å². The number of benzene rings is 3. The van der Waals surface area contributed by atoms with Crippen LogP contribution in [0.5, 0.6) is 11.5 Å². The zero-order valence-corrected chi connectivity index (χ0v) is 26.2. The SMILES string of the molecule is Cc1ccc2cc1[C@@H](C)N1Cc3cc(ccc3OS1(=O)=O)OCCCN(C)CCn1nnc3c(C)c(ccc31)[C@H]2CC(=O)O. The smallest absolute Gasteiger partial charge is 0.386 e. The Labute approximate surface area is 257 Å². The number of carboxylic acid groups (broad SMARTS) is 1. The van der Waals surface area contributed by atoms with Crippen molar-refractivity contribution in [1.29, 1.82) is 0 Å². The number of carboxylic acids is 1. The quantitative estimate of drug-likeness (QED) is 0.343. The summed E-state index contributed by atoms with van der Waals surface area (Å²) in [6.07, 6.45) is 0.673. The van der Waals surface area contributed by atoms with Gasteiger partial charge in [0.2, 0.25) is 0 Å². The molecule has 232 valence electrons. The normalized spacial score (nSPS) is 22.2. The third-order valence-electron chi connectivity index (χ3n) is 8.81. The second kappa shape index (κ2) is 11.8. The molecule has 3 aliphatic heterocycles. The summed E-state index contributed by atoms with van der Waals surface area (Å²) < 4.78 is 41.5. The predicted octanol–water partition coefficient (Wildman–Crippen LogP) is 4.57. The van der Waals surface area contributed by atoms with E-state index in [0.717, 1.165) is 63.9 Å². The van der Waals surface area contributed by atoms with Crippen molar-refractivity contribution in [3.63, 3.8) is 0 Å². The van der Waals surface area contributed by atoms with Crippen molar-refractivity contribution >= 4 is 27.3 Å². The average Bonchev–Trinajstić information content (AvgIpc) is 3.40. The molecule has 4 aromatic rings. The van der Waals surface area contributed by atoms with Crippen molar-refractivity contribution < 1.29 is 27.2 Å². The number of aromatic nitrogens is 3. The summed E-state index contributed by atoms with van der Waals surface area (Å²) in [7, 11) is -2.04. The van der Waals surface area contributed by atoms with Gasteiger partial charge in [-0.25, -0.2) is 4.68 Å². The van der Waals surface area contributed by atoms with Crippen LogP contribution in [-0.4, -0.2) is 70.4 Å². The number of fused-ring (bicyclic) bond motifs is 7. The number of hydrogen-bond donors (Lipinski definition) is 1. The second-order valence-corrected chi connectivity index (χ2v) is 13.3. The summed E-state index contributed by atoms with van der Waals surface area (Å²) in [6.45, 7) is 8.59. The highest BCUT2D eigenvalue weighted by molar-refractivity contribution is 7.84. The van der Waals surface area contributed by atoms with E-state index in [2.05, 4.69) is 22.3 Å². The molecular formula is C32H37N5O6S. The van der Waals surface area contributed by atoms with E-state index >= 15 is 0 Å². The summed E-state index contributed by atoms with van der Waals surface area (Å²) in [6, 6.07) is 14.3. The molecule has 0 fully saturated rings. The maximum atomic E-state index is 13.4. The Bertz CT molecular complexity index is 1840. The minimum absolute atomic E-state index is 0.117. The summed E-state index contributed by atoms with van der Waals surface area (Å²) in [4.78, 5) is 14.4. The summed E-state index contributed by atoms with van der Waals surface area (Å²) in [5.74, 6) is -0.462. The van der Waals surface area contributed by atoms with Crippen molar-refractivity contribution in [2.24, 2.45) is 0 Å². The molecule has 44 heavy (non-hydrogen) atoms. The molecule has 0 aliphatic carbocycles. The second-order valence-electron chi connectivity index (χ2n) is 11.8. The van der Waals surface area contributed by atoms with Gasteiger partial charge in [-0.2, -0.15) is 12.7 Å². The molecule has 0 amide bonds. The molecule has 11 nitrogen and oxygen atoms in total. The maximum Gasteiger partial charge on any atom is 0.386 e. The van der Waals surface area contributed by atoms with Gasteiger partial charge in [0, 0.05) is 31.1 Å². The van der Waals surface area contributed by atoms with Gasteiger partial charge in [0.25, 0.3) is 0 Å². The Kier molecular flexibility index (Phi) is 8.08. The van der Waals surface area contributed by atoms with E-state index < -0.39 is 28.2 Å². The molecule has 1 aromatic heterocycles. The Morgan fingerprint density at radius 2 is 1.86 bits per heavy atom. The lowest BCUT2D eigenvalue weighted by atomic mass is 9.83. The third kappa shape index (κ3) is 5.76. The first-order valence-corrected chi connectivity index (χ1v) is 16.2. The zero-order valence-electron chi connectivity index (χ0n) is 25.4. The number of rotatable bonds is 2. The van der Waals surface area contributed by atoms with Crippen molar-refractivity contribution in [3.05, 3.63) is 81.9 Å². The van der Waals surface area contributed by atoms with Crippen molar-refractivity contribution in [2.45, 2.75) is 58.7 Å². The number of nitrogens with zero attached hydrogens (tertiary/aromatic N) is 5. The fourth-order valence-corrected chi connectivity index (χ4v) is 7.56. The molecule has 9 bridgehead atoms. The number of aryl methyl sites for hydroxylation is 2. The maximum absolute atomic E-state index is 13.4. The van der Waals surface area contributed by atoms with Crippen LogP contribution in [0.15, 0.2) is 48.5 Å². The first kappa shape index (κ1) is 30.0. The van der Waals surface area contributed by atoms with E-state index in [1.807, 2.05) is 61.9 Å². The van der Waals surface area contributed by atoms with Gasteiger partial charge in [-0.3, -0.25) is 4.79 Å². The highest BCUT2D eigenvalue weighted by atomic mass is 32.2. The number of carbonyl (C=O) groups is 1. The highest BCUT2D eigenvalue weighted by Gasteiger charge is 2.37. The molecule has 0 spiro atoms. The van der Waals surface area contributed by atoms with Gasteiger partial charge in [0.15, 0.2) is 0 Å². The van der Waals surface area contributed by atoms with Crippen LogP contribution in [0.3, 0.4) is 0 Å². The zero-order chi connectivity index (χ0) is 31.2. The summed E-state index contributed by atoms with van der Waals surface area (Å²) in [5, 5.41) is 18.9. The van der Waals surface area contributed by atoms with Crippen LogP contribution in [0.25, 0.3) is 11.0 Å². The summed E-state index contributed by atoms with van der Waals surface area (Å²) in [5.41, 5.74) is 6.53. The number of ether oxygens (including phenoxy) is 1. The molecule has 0 saturated heterocycles. The molecule has 1 unspecified atom stereocenters. The molecular weight excluding hydrogens is 582 g/mol. The molecule has 0 saturated carbocycles. The summed E-state index contributed by atoms with van der Waals surface area (Å²) >= 11 is 0. The Morgan fingerprint density at radius 3 is 2.66 bits per heavy atom. The first-order chi connectivity index (χ1) is 21.0. The van der Waals surface area contributed by atoms with E-state index in [4.69, 9.17) is 8.92 Å². The van der Waals surface area contributed by atoms with Gasteiger partial charge in [0.05, 0.1) is 31.1 Å². The van der Waals surface area contributed by atoms with Gasteiger partial charge >= 0.3 is 16.3 Å². The first-order valence-electron chi connectivity index (χ1n) is 14.8. The third-order valence-corrected chi connectivity index (χ3v) is 10.2. The molecule has 3 aliphatic rings. The monoisotopic (exact) mass is 619 g/mol. The highest BCUT2D eigenvalue weighted by Crippen LogP contribution is 2.40. The fraction of sp³-hybridized carbons (Fsp3) is 0.406. The van der Waals surface area contributed by atoms with E-state index in [0.29, 0.717) is 24.7 Å².